The zero-order valence-corrected chi connectivity index (χ0v) is 14.5. The molecule has 1 aliphatic heterocycles. The van der Waals surface area contributed by atoms with Gasteiger partial charge in [-0.15, -0.1) is 0 Å². The second-order valence-corrected chi connectivity index (χ2v) is 6.40. The first-order valence-electron chi connectivity index (χ1n) is 7.76. The van der Waals surface area contributed by atoms with E-state index < -0.39 is 0 Å². The summed E-state index contributed by atoms with van der Waals surface area (Å²) in [7, 11) is 0. The third kappa shape index (κ3) is 4.55. The highest BCUT2D eigenvalue weighted by atomic mass is 79.9. The van der Waals surface area contributed by atoms with Crippen LogP contribution in [0.5, 0.6) is 0 Å². The molecule has 0 aliphatic carbocycles. The molecule has 1 aromatic carbocycles. The number of hydrogen-bond donors (Lipinski definition) is 2. The lowest BCUT2D eigenvalue weighted by Crippen LogP contribution is -3.15. The summed E-state index contributed by atoms with van der Waals surface area (Å²) < 4.78 is 0.828. The van der Waals surface area contributed by atoms with Gasteiger partial charge in [-0.2, -0.15) is 0 Å². The van der Waals surface area contributed by atoms with Crippen molar-refractivity contribution in [3.05, 3.63) is 34.3 Å². The normalized spacial score (nSPS) is 15.6. The lowest BCUT2D eigenvalue weighted by molar-refractivity contribution is -0.896. The standard InChI is InChI=1S/C16H22BrN3O2/c1-2-7-18-15(21)12-19-8-10-20(11-9-19)16(22)13-5-3-4-6-14(13)17/h3-6H,2,7-12H2,1H3,(H,18,21)/p+1. The van der Waals surface area contributed by atoms with E-state index in [2.05, 4.69) is 21.2 Å². The monoisotopic (exact) mass is 368 g/mol. The molecule has 0 atom stereocenters. The summed E-state index contributed by atoms with van der Waals surface area (Å²) in [5.74, 6) is 0.157. The van der Waals surface area contributed by atoms with Crippen molar-refractivity contribution in [2.24, 2.45) is 0 Å². The Morgan fingerprint density at radius 2 is 1.95 bits per heavy atom. The molecule has 0 unspecified atom stereocenters. The number of carbonyl (C=O) groups is 2. The molecule has 1 aromatic rings. The van der Waals surface area contributed by atoms with Gasteiger partial charge in [-0.05, 0) is 34.5 Å². The lowest BCUT2D eigenvalue weighted by Gasteiger charge is -2.32. The van der Waals surface area contributed by atoms with Crippen molar-refractivity contribution in [2.75, 3.05) is 39.3 Å². The van der Waals surface area contributed by atoms with Crippen LogP contribution in [-0.4, -0.2) is 56.0 Å². The van der Waals surface area contributed by atoms with Crippen LogP contribution in [0.3, 0.4) is 0 Å². The molecule has 2 amide bonds. The van der Waals surface area contributed by atoms with Gasteiger partial charge in [-0.25, -0.2) is 0 Å². The summed E-state index contributed by atoms with van der Waals surface area (Å²) in [5, 5.41) is 2.90. The van der Waals surface area contributed by atoms with E-state index >= 15 is 0 Å². The van der Waals surface area contributed by atoms with E-state index in [1.807, 2.05) is 36.1 Å². The molecule has 1 heterocycles. The lowest BCUT2D eigenvalue weighted by atomic mass is 10.2. The Balaban J connectivity index is 1.83. The van der Waals surface area contributed by atoms with Crippen LogP contribution in [0, 0.1) is 0 Å². The average Bonchev–Trinajstić information content (AvgIpc) is 2.53. The highest BCUT2D eigenvalue weighted by Gasteiger charge is 2.26. The Labute approximate surface area is 139 Å². The van der Waals surface area contributed by atoms with Crippen LogP contribution in [0.15, 0.2) is 28.7 Å². The van der Waals surface area contributed by atoms with Crippen LogP contribution in [-0.2, 0) is 4.79 Å². The van der Waals surface area contributed by atoms with Crippen molar-refractivity contribution in [2.45, 2.75) is 13.3 Å². The number of nitrogens with one attached hydrogen (secondary N) is 2. The molecule has 1 saturated heterocycles. The van der Waals surface area contributed by atoms with Crippen LogP contribution in [0.1, 0.15) is 23.7 Å². The summed E-state index contributed by atoms with van der Waals surface area (Å²) in [6.45, 7) is 6.29. The summed E-state index contributed by atoms with van der Waals surface area (Å²) >= 11 is 3.43. The largest absolute Gasteiger partial charge is 0.351 e. The topological polar surface area (TPSA) is 53.9 Å². The van der Waals surface area contributed by atoms with Crippen molar-refractivity contribution in [3.63, 3.8) is 0 Å². The van der Waals surface area contributed by atoms with E-state index in [1.54, 1.807) is 0 Å². The Hall–Kier alpha value is -1.40. The molecular formula is C16H23BrN3O2+. The first-order chi connectivity index (χ1) is 10.6. The van der Waals surface area contributed by atoms with E-state index in [1.165, 1.54) is 4.90 Å². The van der Waals surface area contributed by atoms with Crippen molar-refractivity contribution < 1.29 is 14.5 Å². The predicted octanol–water partition coefficient (Wildman–Crippen LogP) is 0.316. The van der Waals surface area contributed by atoms with Gasteiger partial charge in [-0.3, -0.25) is 9.59 Å². The molecule has 0 aromatic heterocycles. The van der Waals surface area contributed by atoms with Crippen molar-refractivity contribution in [3.8, 4) is 0 Å². The van der Waals surface area contributed by atoms with Gasteiger partial charge >= 0.3 is 0 Å². The Morgan fingerprint density at radius 3 is 2.59 bits per heavy atom. The summed E-state index contributed by atoms with van der Waals surface area (Å²) in [4.78, 5) is 27.3. The average molecular weight is 369 g/mol. The number of carbonyl (C=O) groups excluding carboxylic acids is 2. The summed E-state index contributed by atoms with van der Waals surface area (Å²) in [5.41, 5.74) is 0.701. The second kappa shape index (κ2) is 8.29. The highest BCUT2D eigenvalue weighted by Crippen LogP contribution is 2.17. The maximum atomic E-state index is 12.5. The molecule has 6 heteroatoms. The number of benzene rings is 1. The Kier molecular flexibility index (Phi) is 6.39. The van der Waals surface area contributed by atoms with Gasteiger partial charge in [0.2, 0.25) is 0 Å². The molecule has 2 rings (SSSR count). The molecule has 1 aliphatic rings. The molecular weight excluding hydrogens is 346 g/mol. The maximum Gasteiger partial charge on any atom is 0.275 e. The maximum absolute atomic E-state index is 12.5. The zero-order valence-electron chi connectivity index (χ0n) is 12.9. The van der Waals surface area contributed by atoms with Crippen molar-refractivity contribution in [1.82, 2.24) is 10.2 Å². The highest BCUT2D eigenvalue weighted by molar-refractivity contribution is 9.10. The van der Waals surface area contributed by atoms with Crippen molar-refractivity contribution >= 4 is 27.7 Å². The number of hydrogen-bond acceptors (Lipinski definition) is 2. The fourth-order valence-corrected chi connectivity index (χ4v) is 3.02. The van der Waals surface area contributed by atoms with E-state index in [9.17, 15) is 9.59 Å². The number of quaternary nitrogens is 1. The third-order valence-corrected chi connectivity index (χ3v) is 4.54. The van der Waals surface area contributed by atoms with Gasteiger partial charge in [0.25, 0.3) is 11.8 Å². The number of piperazine rings is 1. The second-order valence-electron chi connectivity index (χ2n) is 5.55. The first-order valence-corrected chi connectivity index (χ1v) is 8.55. The smallest absolute Gasteiger partial charge is 0.275 e. The van der Waals surface area contributed by atoms with E-state index in [0.717, 1.165) is 30.5 Å². The molecule has 120 valence electrons. The molecule has 22 heavy (non-hydrogen) atoms. The van der Waals surface area contributed by atoms with E-state index in [-0.39, 0.29) is 11.8 Å². The summed E-state index contributed by atoms with van der Waals surface area (Å²) in [6, 6.07) is 7.49. The van der Waals surface area contributed by atoms with Crippen molar-refractivity contribution in [1.29, 1.82) is 0 Å². The fraction of sp³-hybridized carbons (Fsp3) is 0.500. The minimum Gasteiger partial charge on any atom is -0.351 e. The van der Waals surface area contributed by atoms with Gasteiger partial charge < -0.3 is 15.1 Å². The van der Waals surface area contributed by atoms with Gasteiger partial charge in [0.15, 0.2) is 6.54 Å². The molecule has 1 fully saturated rings. The Bertz CT molecular complexity index is 528. The van der Waals surface area contributed by atoms with Gasteiger partial charge in [0.1, 0.15) is 0 Å². The number of halogens is 1. The zero-order chi connectivity index (χ0) is 15.9. The van der Waals surface area contributed by atoms with E-state index in [0.29, 0.717) is 25.2 Å². The number of amides is 2. The minimum atomic E-state index is 0.0574. The molecule has 0 radical (unpaired) electrons. The van der Waals surface area contributed by atoms with Crippen LogP contribution in [0.25, 0.3) is 0 Å². The quantitative estimate of drug-likeness (QED) is 0.786. The van der Waals surface area contributed by atoms with Crippen LogP contribution < -0.4 is 10.2 Å². The Morgan fingerprint density at radius 1 is 1.27 bits per heavy atom. The summed E-state index contributed by atoms with van der Waals surface area (Å²) in [6.07, 6.45) is 0.954. The van der Waals surface area contributed by atoms with E-state index in [4.69, 9.17) is 0 Å². The molecule has 5 nitrogen and oxygen atoms in total. The van der Waals surface area contributed by atoms with Crippen LogP contribution in [0.4, 0.5) is 0 Å². The fourth-order valence-electron chi connectivity index (χ4n) is 2.56. The number of rotatable bonds is 5. The van der Waals surface area contributed by atoms with Gasteiger partial charge in [0, 0.05) is 11.0 Å². The molecule has 0 spiro atoms. The molecule has 2 N–H and O–H groups in total. The first kappa shape index (κ1) is 17.0. The molecule has 0 bridgehead atoms. The minimum absolute atomic E-state index is 0.0574. The van der Waals surface area contributed by atoms with Crippen LogP contribution >= 0.6 is 15.9 Å². The van der Waals surface area contributed by atoms with Gasteiger partial charge in [-0.1, -0.05) is 19.1 Å². The van der Waals surface area contributed by atoms with Crippen LogP contribution in [0.2, 0.25) is 0 Å². The number of nitrogens with zero attached hydrogens (tertiary/aromatic N) is 1. The predicted molar refractivity (Wildman–Crippen MR) is 88.9 cm³/mol. The molecule has 0 saturated carbocycles. The van der Waals surface area contributed by atoms with Gasteiger partial charge in [0.05, 0.1) is 31.7 Å². The third-order valence-electron chi connectivity index (χ3n) is 3.84. The SMILES string of the molecule is CCCNC(=O)C[NH+]1CCN(C(=O)c2ccccc2Br)CC1.